The van der Waals surface area contributed by atoms with Gasteiger partial charge in [-0.3, -0.25) is 0 Å². The molecule has 2 nitrogen and oxygen atoms in total. The summed E-state index contributed by atoms with van der Waals surface area (Å²) in [6, 6.07) is 0.837. The van der Waals surface area contributed by atoms with Gasteiger partial charge in [0.1, 0.15) is 0 Å². The molecule has 68 valence electrons. The maximum atomic E-state index is 3.44. The van der Waals surface area contributed by atoms with Gasteiger partial charge < -0.3 is 10.2 Å². The largest absolute Gasteiger partial charge is 0.312 e. The summed E-state index contributed by atoms with van der Waals surface area (Å²) < 4.78 is 0. The highest BCUT2D eigenvalue weighted by molar-refractivity contribution is 5.85. The molecule has 0 aromatic rings. The predicted octanol–water partition coefficient (Wildman–Crippen LogP) is 0.753. The number of likely N-dealkylation sites (N-methyl/N-ethyl adjacent to an activating group) is 1. The fraction of sp³-hybridized carbons (Fsp3) is 1.00. The highest BCUT2D eigenvalue weighted by Gasteiger charge is 2.33. The van der Waals surface area contributed by atoms with Crippen LogP contribution in [0.3, 0.4) is 0 Å². The molecule has 2 saturated heterocycles. The Labute approximate surface area is 80.5 Å². The molecule has 0 amide bonds. The van der Waals surface area contributed by atoms with Crippen molar-refractivity contribution in [3.8, 4) is 0 Å². The molecule has 2 aliphatic heterocycles. The molecule has 0 aromatic carbocycles. The van der Waals surface area contributed by atoms with Crippen LogP contribution in [0.15, 0.2) is 0 Å². The molecule has 0 aliphatic carbocycles. The molecule has 0 bridgehead atoms. The summed E-state index contributed by atoms with van der Waals surface area (Å²) >= 11 is 0. The van der Waals surface area contributed by atoms with Gasteiger partial charge in [0.25, 0.3) is 0 Å². The second kappa shape index (κ2) is 4.51. The monoisotopic (exact) mass is 198 g/mol. The molecule has 4 heteroatoms. The second-order valence-electron chi connectivity index (χ2n) is 3.33. The van der Waals surface area contributed by atoms with Crippen molar-refractivity contribution in [2.24, 2.45) is 5.92 Å². The van der Waals surface area contributed by atoms with Crippen LogP contribution in [0, 0.1) is 5.92 Å². The molecule has 0 spiro atoms. The number of hydrogen-bond donors (Lipinski definition) is 1. The van der Waals surface area contributed by atoms with E-state index in [1.54, 1.807) is 0 Å². The first-order valence-corrected chi connectivity index (χ1v) is 3.78. The van der Waals surface area contributed by atoms with E-state index < -0.39 is 0 Å². The third kappa shape index (κ3) is 2.22. The van der Waals surface area contributed by atoms with Crippen molar-refractivity contribution in [3.05, 3.63) is 0 Å². The Bertz CT molecular complexity index is 121. The van der Waals surface area contributed by atoms with Crippen molar-refractivity contribution in [2.45, 2.75) is 12.5 Å². The molecule has 0 unspecified atom stereocenters. The smallest absolute Gasteiger partial charge is 0.0235 e. The van der Waals surface area contributed by atoms with E-state index >= 15 is 0 Å². The summed E-state index contributed by atoms with van der Waals surface area (Å²) in [7, 11) is 2.20. The van der Waals surface area contributed by atoms with Gasteiger partial charge in [-0.05, 0) is 32.5 Å². The fourth-order valence-corrected chi connectivity index (χ4v) is 1.78. The summed E-state index contributed by atoms with van der Waals surface area (Å²) in [5, 5.41) is 3.44. The number of nitrogens with one attached hydrogen (secondary N) is 1. The van der Waals surface area contributed by atoms with Crippen LogP contribution in [0.5, 0.6) is 0 Å². The summed E-state index contributed by atoms with van der Waals surface area (Å²) in [4.78, 5) is 2.41. The standard InChI is InChI=1S/C7H14N2.2ClH/c1-9-3-2-6-4-8-7(6)5-9;;/h6-8H,2-5H2,1H3;2*1H/t6-,7-;;/m0../s1. The highest BCUT2D eigenvalue weighted by Crippen LogP contribution is 2.22. The molecule has 2 fully saturated rings. The fourth-order valence-electron chi connectivity index (χ4n) is 1.78. The lowest BCUT2D eigenvalue weighted by molar-refractivity contribution is 0.103. The molecule has 2 atom stereocenters. The first-order chi connectivity index (χ1) is 4.36. The zero-order chi connectivity index (χ0) is 6.27. The van der Waals surface area contributed by atoms with Crippen LogP contribution >= 0.6 is 24.8 Å². The number of rotatable bonds is 0. The molecule has 2 rings (SSSR count). The van der Waals surface area contributed by atoms with E-state index in [4.69, 9.17) is 0 Å². The van der Waals surface area contributed by atoms with Crippen LogP contribution in [0.1, 0.15) is 6.42 Å². The van der Waals surface area contributed by atoms with Gasteiger partial charge in [0.05, 0.1) is 0 Å². The van der Waals surface area contributed by atoms with E-state index in [0.717, 1.165) is 12.0 Å². The summed E-state index contributed by atoms with van der Waals surface area (Å²) in [6.45, 7) is 3.85. The van der Waals surface area contributed by atoms with Gasteiger partial charge in [-0.15, -0.1) is 24.8 Å². The number of likely N-dealkylation sites (tertiary alicyclic amines) is 1. The quantitative estimate of drug-likeness (QED) is 0.619. The van der Waals surface area contributed by atoms with Gasteiger partial charge in [-0.25, -0.2) is 0 Å². The molecule has 2 heterocycles. The third-order valence-electron chi connectivity index (χ3n) is 2.60. The van der Waals surface area contributed by atoms with Crippen LogP contribution < -0.4 is 5.32 Å². The Morgan fingerprint density at radius 2 is 2.09 bits per heavy atom. The van der Waals surface area contributed by atoms with Gasteiger partial charge in [0, 0.05) is 12.6 Å². The number of hydrogen-bond acceptors (Lipinski definition) is 2. The van der Waals surface area contributed by atoms with Crippen LogP contribution in [0.2, 0.25) is 0 Å². The Morgan fingerprint density at radius 1 is 1.36 bits per heavy atom. The molecule has 0 radical (unpaired) electrons. The van der Waals surface area contributed by atoms with E-state index in [0.29, 0.717) is 0 Å². The molecular weight excluding hydrogens is 183 g/mol. The average Bonchev–Trinajstić information content (AvgIpc) is 1.78. The van der Waals surface area contributed by atoms with Gasteiger partial charge in [0.2, 0.25) is 0 Å². The zero-order valence-electron chi connectivity index (χ0n) is 6.75. The average molecular weight is 199 g/mol. The normalized spacial score (nSPS) is 35.7. The SMILES string of the molecule is CN1CC[C@H]2CN[C@H]2C1.Cl.Cl. The van der Waals surface area contributed by atoms with E-state index in [9.17, 15) is 0 Å². The van der Waals surface area contributed by atoms with Crippen LogP contribution in [-0.4, -0.2) is 37.6 Å². The van der Waals surface area contributed by atoms with Gasteiger partial charge >= 0.3 is 0 Å². The topological polar surface area (TPSA) is 15.3 Å². The van der Waals surface area contributed by atoms with Crippen molar-refractivity contribution < 1.29 is 0 Å². The summed E-state index contributed by atoms with van der Waals surface area (Å²) in [6.07, 6.45) is 1.41. The van der Waals surface area contributed by atoms with E-state index in [-0.39, 0.29) is 24.8 Å². The highest BCUT2D eigenvalue weighted by atomic mass is 35.5. The molecule has 2 aliphatic rings. The summed E-state index contributed by atoms with van der Waals surface area (Å²) in [5.74, 6) is 1.01. The second-order valence-corrected chi connectivity index (χ2v) is 3.33. The zero-order valence-corrected chi connectivity index (χ0v) is 8.38. The van der Waals surface area contributed by atoms with E-state index in [1.165, 1.54) is 26.1 Å². The lowest BCUT2D eigenvalue weighted by Gasteiger charge is -2.45. The third-order valence-corrected chi connectivity index (χ3v) is 2.60. The van der Waals surface area contributed by atoms with Crippen molar-refractivity contribution in [2.75, 3.05) is 26.7 Å². The van der Waals surface area contributed by atoms with Crippen LogP contribution in [0.4, 0.5) is 0 Å². The lowest BCUT2D eigenvalue weighted by Crippen LogP contribution is -2.61. The maximum Gasteiger partial charge on any atom is 0.0235 e. The minimum atomic E-state index is 0. The van der Waals surface area contributed by atoms with Crippen molar-refractivity contribution in [3.63, 3.8) is 0 Å². The van der Waals surface area contributed by atoms with Crippen molar-refractivity contribution in [1.82, 2.24) is 10.2 Å². The Balaban J connectivity index is 0.000000500. The predicted molar refractivity (Wildman–Crippen MR) is 51.9 cm³/mol. The number of piperidine rings is 1. The minimum absolute atomic E-state index is 0. The van der Waals surface area contributed by atoms with Gasteiger partial charge in [-0.2, -0.15) is 0 Å². The first-order valence-electron chi connectivity index (χ1n) is 3.78. The minimum Gasteiger partial charge on any atom is -0.312 e. The number of nitrogens with zero attached hydrogens (tertiary/aromatic N) is 1. The first kappa shape index (κ1) is 11.5. The lowest BCUT2D eigenvalue weighted by atomic mass is 9.85. The maximum absolute atomic E-state index is 3.44. The Kier molecular flexibility index (Phi) is 4.71. The number of halogens is 2. The Morgan fingerprint density at radius 3 is 2.45 bits per heavy atom. The van der Waals surface area contributed by atoms with Gasteiger partial charge in [-0.1, -0.05) is 0 Å². The molecular formula is C7H16Cl2N2. The van der Waals surface area contributed by atoms with Crippen molar-refractivity contribution >= 4 is 24.8 Å². The Hall–Kier alpha value is 0.500. The molecule has 11 heavy (non-hydrogen) atoms. The van der Waals surface area contributed by atoms with E-state index in [2.05, 4.69) is 17.3 Å². The molecule has 0 saturated carbocycles. The van der Waals surface area contributed by atoms with Crippen molar-refractivity contribution in [1.29, 1.82) is 0 Å². The molecule has 1 N–H and O–H groups in total. The van der Waals surface area contributed by atoms with E-state index in [1.807, 2.05) is 0 Å². The van der Waals surface area contributed by atoms with Gasteiger partial charge in [0.15, 0.2) is 0 Å². The molecule has 0 aromatic heterocycles. The number of fused-ring (bicyclic) bond motifs is 1. The van der Waals surface area contributed by atoms with Crippen LogP contribution in [-0.2, 0) is 0 Å². The van der Waals surface area contributed by atoms with Crippen LogP contribution in [0.25, 0.3) is 0 Å². The summed E-state index contributed by atoms with van der Waals surface area (Å²) in [5.41, 5.74) is 0.